The molecule has 1 saturated heterocycles. The second kappa shape index (κ2) is 9.37. The van der Waals surface area contributed by atoms with Gasteiger partial charge >= 0.3 is 0 Å². The number of hydrogen-bond donors (Lipinski definition) is 1. The van der Waals surface area contributed by atoms with Gasteiger partial charge in [-0.3, -0.25) is 4.90 Å². The molecule has 0 bridgehead atoms. The van der Waals surface area contributed by atoms with Crippen LogP contribution in [0.3, 0.4) is 0 Å². The minimum Gasteiger partial charge on any atom is -0.361 e. The van der Waals surface area contributed by atoms with Gasteiger partial charge in [-0.05, 0) is 81.7 Å². The van der Waals surface area contributed by atoms with Gasteiger partial charge in [-0.2, -0.15) is 0 Å². The van der Waals surface area contributed by atoms with Crippen LogP contribution >= 0.6 is 0 Å². The summed E-state index contributed by atoms with van der Waals surface area (Å²) in [6.07, 6.45) is 1.90. The number of hydrogen-bond acceptors (Lipinski definition) is 4. The highest BCUT2D eigenvalue weighted by molar-refractivity contribution is 5.45. The highest BCUT2D eigenvalue weighted by atomic mass is 19.1. The Bertz CT molecular complexity index is 875. The van der Waals surface area contributed by atoms with Crippen LogP contribution in [0.2, 0.25) is 0 Å². The first-order valence-electron chi connectivity index (χ1n) is 11.5. The highest BCUT2D eigenvalue weighted by Gasteiger charge is 2.41. The lowest BCUT2D eigenvalue weighted by Gasteiger charge is -2.39. The summed E-state index contributed by atoms with van der Waals surface area (Å²) in [4.78, 5) is 4.78. The van der Waals surface area contributed by atoms with Gasteiger partial charge < -0.3 is 15.0 Å². The number of piperazine rings is 1. The normalized spacial score (nSPS) is 26.4. The van der Waals surface area contributed by atoms with E-state index in [-0.39, 0.29) is 5.82 Å². The van der Waals surface area contributed by atoms with E-state index in [1.54, 1.807) is 12.1 Å². The molecule has 0 aliphatic carbocycles. The van der Waals surface area contributed by atoms with Crippen molar-refractivity contribution in [1.82, 2.24) is 15.1 Å². The molecule has 168 valence electrons. The lowest BCUT2D eigenvalue weighted by molar-refractivity contribution is -0.0140. The molecule has 0 saturated carbocycles. The van der Waals surface area contributed by atoms with Crippen molar-refractivity contribution in [2.45, 2.75) is 57.5 Å². The maximum absolute atomic E-state index is 13.6. The summed E-state index contributed by atoms with van der Waals surface area (Å²) in [6.45, 7) is 9.23. The SMILES string of the molecule is CC1CNCC(C)N1Cc1ccc2c(c1)COC2(CCCN(C)C)c1ccc(F)cc1. The molecule has 4 nitrogen and oxygen atoms in total. The van der Waals surface area contributed by atoms with Crippen LogP contribution in [-0.2, 0) is 23.5 Å². The fraction of sp³-hybridized carbons (Fsp3) is 0.538. The fourth-order valence-electron chi connectivity index (χ4n) is 5.18. The molecule has 2 aliphatic rings. The van der Waals surface area contributed by atoms with E-state index in [0.29, 0.717) is 18.7 Å². The van der Waals surface area contributed by atoms with Crippen LogP contribution in [0.4, 0.5) is 4.39 Å². The Labute approximate surface area is 186 Å². The Kier molecular flexibility index (Phi) is 6.77. The summed E-state index contributed by atoms with van der Waals surface area (Å²) in [7, 11) is 4.19. The van der Waals surface area contributed by atoms with Crippen LogP contribution in [0.15, 0.2) is 42.5 Å². The minimum absolute atomic E-state index is 0.208. The van der Waals surface area contributed by atoms with Gasteiger partial charge in [0.15, 0.2) is 0 Å². The third kappa shape index (κ3) is 4.70. The molecule has 1 N–H and O–H groups in total. The lowest BCUT2D eigenvalue weighted by atomic mass is 9.81. The maximum Gasteiger partial charge on any atom is 0.123 e. The Balaban J connectivity index is 1.62. The summed E-state index contributed by atoms with van der Waals surface area (Å²) >= 11 is 0. The summed E-state index contributed by atoms with van der Waals surface area (Å²) in [5.41, 5.74) is 4.40. The largest absolute Gasteiger partial charge is 0.361 e. The van der Waals surface area contributed by atoms with Crippen LogP contribution < -0.4 is 5.32 Å². The fourth-order valence-corrected chi connectivity index (χ4v) is 5.18. The van der Waals surface area contributed by atoms with Gasteiger partial charge in [0.05, 0.1) is 6.61 Å². The van der Waals surface area contributed by atoms with Crippen LogP contribution in [0, 0.1) is 5.82 Å². The summed E-state index contributed by atoms with van der Waals surface area (Å²) < 4.78 is 20.2. The molecule has 0 radical (unpaired) electrons. The highest BCUT2D eigenvalue weighted by Crippen LogP contribution is 2.45. The molecule has 2 aliphatic heterocycles. The molecule has 31 heavy (non-hydrogen) atoms. The van der Waals surface area contributed by atoms with Crippen molar-refractivity contribution in [3.63, 3.8) is 0 Å². The first-order valence-corrected chi connectivity index (χ1v) is 11.5. The van der Waals surface area contributed by atoms with E-state index in [1.165, 1.54) is 16.7 Å². The predicted molar refractivity (Wildman–Crippen MR) is 124 cm³/mol. The van der Waals surface area contributed by atoms with Gasteiger partial charge in [-0.15, -0.1) is 0 Å². The first-order chi connectivity index (χ1) is 14.9. The Morgan fingerprint density at radius 1 is 1.10 bits per heavy atom. The van der Waals surface area contributed by atoms with Crippen molar-refractivity contribution < 1.29 is 9.13 Å². The van der Waals surface area contributed by atoms with Gasteiger partial charge in [0.25, 0.3) is 0 Å². The Hall–Kier alpha value is -1.79. The van der Waals surface area contributed by atoms with Crippen LogP contribution in [-0.4, -0.2) is 55.6 Å². The number of benzene rings is 2. The number of halogens is 1. The van der Waals surface area contributed by atoms with Gasteiger partial charge in [-0.25, -0.2) is 4.39 Å². The molecule has 0 spiro atoms. The van der Waals surface area contributed by atoms with E-state index in [4.69, 9.17) is 4.74 Å². The average Bonchev–Trinajstić information content (AvgIpc) is 3.10. The van der Waals surface area contributed by atoms with E-state index in [0.717, 1.165) is 44.6 Å². The number of fused-ring (bicyclic) bond motifs is 1. The molecule has 2 aromatic rings. The van der Waals surface area contributed by atoms with E-state index in [9.17, 15) is 4.39 Å². The van der Waals surface area contributed by atoms with Gasteiger partial charge in [0.2, 0.25) is 0 Å². The zero-order valence-electron chi connectivity index (χ0n) is 19.3. The average molecular weight is 426 g/mol. The van der Waals surface area contributed by atoms with Crippen molar-refractivity contribution in [2.24, 2.45) is 0 Å². The van der Waals surface area contributed by atoms with Crippen molar-refractivity contribution in [3.8, 4) is 0 Å². The summed E-state index contributed by atoms with van der Waals surface area (Å²) in [5.74, 6) is -0.208. The molecule has 3 unspecified atom stereocenters. The third-order valence-electron chi connectivity index (χ3n) is 6.90. The van der Waals surface area contributed by atoms with Crippen molar-refractivity contribution in [1.29, 1.82) is 0 Å². The smallest absolute Gasteiger partial charge is 0.123 e. The summed E-state index contributed by atoms with van der Waals surface area (Å²) in [6, 6.07) is 14.8. The molecular weight excluding hydrogens is 389 g/mol. The summed E-state index contributed by atoms with van der Waals surface area (Å²) in [5, 5.41) is 3.51. The molecule has 2 aromatic carbocycles. The van der Waals surface area contributed by atoms with Gasteiger partial charge in [0, 0.05) is 31.7 Å². The monoisotopic (exact) mass is 425 g/mol. The zero-order valence-corrected chi connectivity index (χ0v) is 19.3. The quantitative estimate of drug-likeness (QED) is 0.722. The Morgan fingerprint density at radius 2 is 1.81 bits per heavy atom. The Morgan fingerprint density at radius 3 is 2.48 bits per heavy atom. The number of rotatable bonds is 7. The second-order valence-electron chi connectivity index (χ2n) is 9.55. The lowest BCUT2D eigenvalue weighted by Crippen LogP contribution is -2.54. The molecule has 3 atom stereocenters. The van der Waals surface area contributed by atoms with E-state index >= 15 is 0 Å². The molecule has 2 heterocycles. The molecule has 0 amide bonds. The van der Waals surface area contributed by atoms with Crippen molar-refractivity contribution >= 4 is 0 Å². The van der Waals surface area contributed by atoms with E-state index in [1.807, 2.05) is 12.1 Å². The maximum atomic E-state index is 13.6. The standard InChI is InChI=1S/C26H36FN3O/c1-19-15-28-16-20(2)30(19)17-21-6-11-25-22(14-21)18-31-26(25,12-5-13-29(3)4)23-7-9-24(27)10-8-23/h6-11,14,19-20,28H,5,12-13,15-18H2,1-4H3. The topological polar surface area (TPSA) is 27.7 Å². The second-order valence-corrected chi connectivity index (χ2v) is 9.55. The van der Waals surface area contributed by atoms with Crippen molar-refractivity contribution in [2.75, 3.05) is 33.7 Å². The predicted octanol–water partition coefficient (Wildman–Crippen LogP) is 4.12. The molecule has 4 rings (SSSR count). The minimum atomic E-state index is -0.493. The number of ether oxygens (including phenoxy) is 1. The van der Waals surface area contributed by atoms with Crippen LogP contribution in [0.1, 0.15) is 48.9 Å². The zero-order chi connectivity index (χ0) is 22.0. The molecule has 1 fully saturated rings. The molecule has 5 heteroatoms. The molecular formula is C26H36FN3O. The van der Waals surface area contributed by atoms with Gasteiger partial charge in [-0.1, -0.05) is 30.3 Å². The number of nitrogens with zero attached hydrogens (tertiary/aromatic N) is 2. The van der Waals surface area contributed by atoms with Crippen molar-refractivity contribution in [3.05, 3.63) is 70.5 Å². The van der Waals surface area contributed by atoms with Crippen LogP contribution in [0.25, 0.3) is 0 Å². The van der Waals surface area contributed by atoms with Gasteiger partial charge in [0.1, 0.15) is 11.4 Å². The van der Waals surface area contributed by atoms with Crippen LogP contribution in [0.5, 0.6) is 0 Å². The molecule has 0 aromatic heterocycles. The van der Waals surface area contributed by atoms with E-state index < -0.39 is 5.60 Å². The van der Waals surface area contributed by atoms with E-state index in [2.05, 4.69) is 61.3 Å². The third-order valence-corrected chi connectivity index (χ3v) is 6.90. The number of nitrogens with one attached hydrogen (secondary N) is 1. The first kappa shape index (κ1) is 22.4.